The highest BCUT2D eigenvalue weighted by Crippen LogP contribution is 2.30. The number of anilines is 1. The van der Waals surface area contributed by atoms with Crippen LogP contribution in [0.1, 0.15) is 0 Å². The van der Waals surface area contributed by atoms with Crippen LogP contribution in [0.5, 0.6) is 5.75 Å². The Morgan fingerprint density at radius 1 is 0.759 bits per heavy atom. The number of carbonyl (C=O) groups excluding carboxylic acids is 1. The standard InChI is InChI=1S/C24H16N2O3/c27-21-14-22(28)26(23-18-10-4-2-7-16(18)12-13-19(21)23)24(29)25-20-11-5-8-15-6-1-3-9-17(15)20/h1-14,27H,(H,25,29). The van der Waals surface area contributed by atoms with Gasteiger partial charge in [0.05, 0.1) is 11.2 Å². The maximum absolute atomic E-state index is 13.2. The third kappa shape index (κ3) is 2.72. The maximum Gasteiger partial charge on any atom is 0.333 e. The van der Waals surface area contributed by atoms with Gasteiger partial charge in [-0.2, -0.15) is 0 Å². The van der Waals surface area contributed by atoms with Gasteiger partial charge in [-0.15, -0.1) is 0 Å². The van der Waals surface area contributed by atoms with E-state index in [1.54, 1.807) is 12.1 Å². The molecule has 2 N–H and O–H groups in total. The molecule has 4 aromatic carbocycles. The first kappa shape index (κ1) is 17.0. The van der Waals surface area contributed by atoms with Crippen LogP contribution in [0.25, 0.3) is 32.4 Å². The maximum atomic E-state index is 13.2. The lowest BCUT2D eigenvalue weighted by Crippen LogP contribution is -2.31. The van der Waals surface area contributed by atoms with Crippen LogP contribution < -0.4 is 10.9 Å². The summed E-state index contributed by atoms with van der Waals surface area (Å²) in [6.45, 7) is 0. The molecule has 0 saturated carbocycles. The van der Waals surface area contributed by atoms with Crippen LogP contribution in [0.4, 0.5) is 10.5 Å². The van der Waals surface area contributed by atoms with E-state index >= 15 is 0 Å². The molecule has 5 rings (SSSR count). The van der Waals surface area contributed by atoms with Crippen molar-refractivity contribution in [1.29, 1.82) is 0 Å². The van der Waals surface area contributed by atoms with Crippen molar-refractivity contribution in [3.63, 3.8) is 0 Å². The molecule has 5 aromatic rings. The second-order valence-corrected chi connectivity index (χ2v) is 6.84. The zero-order valence-corrected chi connectivity index (χ0v) is 15.3. The predicted octanol–water partition coefficient (Wildman–Crippen LogP) is 5.09. The van der Waals surface area contributed by atoms with Crippen molar-refractivity contribution in [3.8, 4) is 5.75 Å². The SMILES string of the molecule is O=C(Nc1cccc2ccccc12)n1c(=O)cc(O)c2ccc3ccccc3c21. The smallest absolute Gasteiger partial charge is 0.333 e. The summed E-state index contributed by atoms with van der Waals surface area (Å²) in [5, 5.41) is 17.1. The number of carbonyl (C=O) groups is 1. The molecule has 0 fully saturated rings. The van der Waals surface area contributed by atoms with Gasteiger partial charge < -0.3 is 10.4 Å². The fourth-order valence-electron chi connectivity index (χ4n) is 3.78. The van der Waals surface area contributed by atoms with Crippen molar-refractivity contribution < 1.29 is 9.90 Å². The number of benzene rings is 4. The molecule has 0 saturated heterocycles. The number of nitrogens with zero attached hydrogens (tertiary/aromatic N) is 1. The molecule has 1 amide bonds. The number of hydrogen-bond acceptors (Lipinski definition) is 3. The zero-order chi connectivity index (χ0) is 20.0. The lowest BCUT2D eigenvalue weighted by molar-refractivity contribution is 0.253. The van der Waals surface area contributed by atoms with Gasteiger partial charge in [-0.3, -0.25) is 4.79 Å². The second-order valence-electron chi connectivity index (χ2n) is 6.84. The van der Waals surface area contributed by atoms with Crippen molar-refractivity contribution in [2.75, 3.05) is 5.32 Å². The van der Waals surface area contributed by atoms with Gasteiger partial charge >= 0.3 is 6.03 Å². The highest BCUT2D eigenvalue weighted by atomic mass is 16.3. The Hall–Kier alpha value is -4.12. The van der Waals surface area contributed by atoms with Crippen molar-refractivity contribution in [2.45, 2.75) is 0 Å². The average molecular weight is 380 g/mol. The molecule has 1 aromatic heterocycles. The third-order valence-corrected chi connectivity index (χ3v) is 5.12. The zero-order valence-electron chi connectivity index (χ0n) is 15.3. The Labute approximate surface area is 165 Å². The summed E-state index contributed by atoms with van der Waals surface area (Å²) in [5.41, 5.74) is 0.399. The van der Waals surface area contributed by atoms with Crippen LogP contribution in [-0.2, 0) is 0 Å². The molecule has 0 unspecified atom stereocenters. The van der Waals surface area contributed by atoms with Crippen molar-refractivity contribution in [2.24, 2.45) is 0 Å². The first-order chi connectivity index (χ1) is 14.1. The minimum Gasteiger partial charge on any atom is -0.507 e. The van der Waals surface area contributed by atoms with Gasteiger partial charge in [-0.25, -0.2) is 9.36 Å². The minimum atomic E-state index is -0.593. The van der Waals surface area contributed by atoms with Crippen molar-refractivity contribution >= 4 is 44.2 Å². The Bertz CT molecular complexity index is 1480. The molecule has 1 heterocycles. The highest BCUT2D eigenvalue weighted by molar-refractivity contribution is 6.12. The summed E-state index contributed by atoms with van der Waals surface area (Å²) in [6, 6.07) is 24.8. The Morgan fingerprint density at radius 3 is 2.21 bits per heavy atom. The van der Waals surface area contributed by atoms with Gasteiger partial charge in [-0.05, 0) is 22.9 Å². The van der Waals surface area contributed by atoms with Crippen LogP contribution in [0, 0.1) is 0 Å². The molecular formula is C24H16N2O3. The normalized spacial score (nSPS) is 11.2. The third-order valence-electron chi connectivity index (χ3n) is 5.12. The number of amides is 1. The molecule has 5 nitrogen and oxygen atoms in total. The summed E-state index contributed by atoms with van der Waals surface area (Å²) in [7, 11) is 0. The molecule has 0 bridgehead atoms. The summed E-state index contributed by atoms with van der Waals surface area (Å²) >= 11 is 0. The van der Waals surface area contributed by atoms with Gasteiger partial charge in [0.25, 0.3) is 5.56 Å². The quantitative estimate of drug-likeness (QED) is 0.398. The van der Waals surface area contributed by atoms with E-state index in [0.717, 1.165) is 26.8 Å². The van der Waals surface area contributed by atoms with E-state index < -0.39 is 11.6 Å². The van der Waals surface area contributed by atoms with Crippen LogP contribution >= 0.6 is 0 Å². The largest absolute Gasteiger partial charge is 0.507 e. The summed E-state index contributed by atoms with van der Waals surface area (Å²) in [4.78, 5) is 26.0. The number of pyridine rings is 1. The van der Waals surface area contributed by atoms with E-state index in [1.165, 1.54) is 0 Å². The second kappa shape index (κ2) is 6.49. The number of nitrogens with one attached hydrogen (secondary N) is 1. The van der Waals surface area contributed by atoms with E-state index in [4.69, 9.17) is 0 Å². The van der Waals surface area contributed by atoms with Crippen LogP contribution in [0.15, 0.2) is 89.7 Å². The van der Waals surface area contributed by atoms with E-state index in [0.29, 0.717) is 22.0 Å². The lowest BCUT2D eigenvalue weighted by atomic mass is 10.1. The van der Waals surface area contributed by atoms with Crippen molar-refractivity contribution in [1.82, 2.24) is 4.57 Å². The van der Waals surface area contributed by atoms with Gasteiger partial charge in [0.1, 0.15) is 5.75 Å². The van der Waals surface area contributed by atoms with E-state index in [-0.39, 0.29) is 5.75 Å². The molecule has 0 aliphatic rings. The highest BCUT2D eigenvalue weighted by Gasteiger charge is 2.17. The van der Waals surface area contributed by atoms with Gasteiger partial charge in [0.2, 0.25) is 0 Å². The Morgan fingerprint density at radius 2 is 1.41 bits per heavy atom. The monoisotopic (exact) mass is 380 g/mol. The average Bonchev–Trinajstić information content (AvgIpc) is 2.74. The Kier molecular flexibility index (Phi) is 3.81. The predicted molar refractivity (Wildman–Crippen MR) is 116 cm³/mol. The number of hydrogen-bond donors (Lipinski definition) is 2. The van der Waals surface area contributed by atoms with Crippen molar-refractivity contribution in [3.05, 3.63) is 95.3 Å². The Balaban J connectivity index is 1.75. The number of aromatic hydroxyl groups is 1. The fourth-order valence-corrected chi connectivity index (χ4v) is 3.78. The lowest BCUT2D eigenvalue weighted by Gasteiger charge is -2.14. The molecule has 140 valence electrons. The first-order valence-electron chi connectivity index (χ1n) is 9.19. The molecule has 0 atom stereocenters. The first-order valence-corrected chi connectivity index (χ1v) is 9.19. The summed E-state index contributed by atoms with van der Waals surface area (Å²) < 4.78 is 1.08. The van der Waals surface area contributed by atoms with E-state index in [9.17, 15) is 14.7 Å². The molecule has 5 heteroatoms. The minimum absolute atomic E-state index is 0.148. The van der Waals surface area contributed by atoms with E-state index in [2.05, 4.69) is 5.32 Å². The molecule has 29 heavy (non-hydrogen) atoms. The van der Waals surface area contributed by atoms with Gasteiger partial charge in [-0.1, -0.05) is 66.7 Å². The molecule has 0 aliphatic carbocycles. The van der Waals surface area contributed by atoms with Crippen LogP contribution in [-0.4, -0.2) is 15.7 Å². The fraction of sp³-hybridized carbons (Fsp3) is 0. The number of fused-ring (bicyclic) bond motifs is 4. The summed E-state index contributed by atoms with van der Waals surface area (Å²) in [5.74, 6) is -0.148. The topological polar surface area (TPSA) is 71.3 Å². The van der Waals surface area contributed by atoms with Crippen LogP contribution in [0.2, 0.25) is 0 Å². The van der Waals surface area contributed by atoms with E-state index in [1.807, 2.05) is 66.7 Å². The molecule has 0 radical (unpaired) electrons. The molecule has 0 aliphatic heterocycles. The number of rotatable bonds is 1. The van der Waals surface area contributed by atoms with Crippen LogP contribution in [0.3, 0.4) is 0 Å². The summed E-state index contributed by atoms with van der Waals surface area (Å²) in [6.07, 6.45) is 0. The van der Waals surface area contributed by atoms with Gasteiger partial charge in [0.15, 0.2) is 0 Å². The number of aromatic nitrogens is 1. The molecule has 0 spiro atoms. The molecular weight excluding hydrogens is 364 g/mol. The van der Waals surface area contributed by atoms with Gasteiger partial charge in [0, 0.05) is 22.2 Å².